The number of hydrogen-bond acceptors (Lipinski definition) is 5. The Hall–Kier alpha value is -3.12. The molecule has 0 aliphatic rings. The number of hydrogen-bond donors (Lipinski definition) is 1. The number of carbonyl (C=O) groups is 1. The van der Waals surface area contributed by atoms with Gasteiger partial charge in [0.2, 0.25) is 5.95 Å². The van der Waals surface area contributed by atoms with Crippen LogP contribution in [0.5, 0.6) is 0 Å². The van der Waals surface area contributed by atoms with Crippen molar-refractivity contribution < 1.29 is 9.53 Å². The molecule has 31 heavy (non-hydrogen) atoms. The van der Waals surface area contributed by atoms with Gasteiger partial charge in [-0.2, -0.15) is 4.98 Å². The quantitative estimate of drug-likeness (QED) is 0.554. The number of halogens is 1. The minimum atomic E-state index is -0.626. The first kappa shape index (κ1) is 22.6. The van der Waals surface area contributed by atoms with E-state index in [-0.39, 0.29) is 12.0 Å². The van der Waals surface area contributed by atoms with Crippen LogP contribution in [0, 0.1) is 6.92 Å². The Balaban J connectivity index is 1.99. The summed E-state index contributed by atoms with van der Waals surface area (Å²) in [6.45, 7) is 7.73. The Morgan fingerprint density at radius 1 is 1.13 bits per heavy atom. The standard InChI is InChI=1S/C24H26ClN3O3/c1-16-19(25)11-8-12-20(16)26-23-27-22(30)18(13-21(29)31-24(2,3)4)15-28(23)14-17-9-6-5-7-10-17/h5-12,15H,13-14H2,1-4H3,(H,26,27,30). The third-order valence-electron chi connectivity index (χ3n) is 4.53. The van der Waals surface area contributed by atoms with Gasteiger partial charge in [0.1, 0.15) is 5.60 Å². The van der Waals surface area contributed by atoms with Gasteiger partial charge in [0, 0.05) is 22.5 Å². The Morgan fingerprint density at radius 3 is 2.52 bits per heavy atom. The molecule has 0 aliphatic carbocycles. The van der Waals surface area contributed by atoms with E-state index in [9.17, 15) is 9.59 Å². The lowest BCUT2D eigenvalue weighted by Gasteiger charge is -2.20. The van der Waals surface area contributed by atoms with Crippen LogP contribution in [0.1, 0.15) is 37.5 Å². The third-order valence-corrected chi connectivity index (χ3v) is 4.94. The second-order valence-corrected chi connectivity index (χ2v) is 8.72. The van der Waals surface area contributed by atoms with Crippen LogP contribution in [-0.2, 0) is 22.5 Å². The van der Waals surface area contributed by atoms with Gasteiger partial charge in [-0.25, -0.2) is 0 Å². The van der Waals surface area contributed by atoms with E-state index in [0.717, 1.165) is 16.8 Å². The monoisotopic (exact) mass is 439 g/mol. The second-order valence-electron chi connectivity index (χ2n) is 8.31. The first-order valence-electron chi connectivity index (χ1n) is 10.0. The van der Waals surface area contributed by atoms with Crippen LogP contribution >= 0.6 is 11.6 Å². The van der Waals surface area contributed by atoms with Gasteiger partial charge in [-0.1, -0.05) is 48.0 Å². The summed E-state index contributed by atoms with van der Waals surface area (Å²) in [6, 6.07) is 15.3. The van der Waals surface area contributed by atoms with Crippen LogP contribution in [0.3, 0.4) is 0 Å². The van der Waals surface area contributed by atoms with E-state index in [2.05, 4.69) is 10.3 Å². The van der Waals surface area contributed by atoms with Gasteiger partial charge in [0.25, 0.3) is 5.56 Å². The Labute approximate surface area is 186 Å². The van der Waals surface area contributed by atoms with E-state index in [1.807, 2.05) is 54.0 Å². The highest BCUT2D eigenvalue weighted by Gasteiger charge is 2.19. The molecular formula is C24H26ClN3O3. The minimum absolute atomic E-state index is 0.144. The zero-order valence-corrected chi connectivity index (χ0v) is 18.9. The molecule has 0 saturated carbocycles. The molecule has 0 bridgehead atoms. The molecule has 0 atom stereocenters. The van der Waals surface area contributed by atoms with Gasteiger partial charge in [-0.15, -0.1) is 0 Å². The topological polar surface area (TPSA) is 73.2 Å². The first-order valence-corrected chi connectivity index (χ1v) is 10.4. The smallest absolute Gasteiger partial charge is 0.311 e. The van der Waals surface area contributed by atoms with Crippen LogP contribution in [0.4, 0.5) is 11.6 Å². The van der Waals surface area contributed by atoms with E-state index >= 15 is 0 Å². The average molecular weight is 440 g/mol. The maximum Gasteiger partial charge on any atom is 0.311 e. The molecular weight excluding hydrogens is 414 g/mol. The fourth-order valence-electron chi connectivity index (χ4n) is 3.05. The predicted molar refractivity (Wildman–Crippen MR) is 123 cm³/mol. The van der Waals surface area contributed by atoms with Crippen molar-refractivity contribution in [2.24, 2.45) is 0 Å². The maximum atomic E-state index is 12.7. The van der Waals surface area contributed by atoms with Crippen molar-refractivity contribution in [2.75, 3.05) is 5.32 Å². The summed E-state index contributed by atoms with van der Waals surface area (Å²) in [5, 5.41) is 3.83. The van der Waals surface area contributed by atoms with Gasteiger partial charge < -0.3 is 14.6 Å². The van der Waals surface area contributed by atoms with E-state index in [4.69, 9.17) is 16.3 Å². The minimum Gasteiger partial charge on any atom is -0.460 e. The van der Waals surface area contributed by atoms with Gasteiger partial charge >= 0.3 is 5.97 Å². The molecule has 6 nitrogen and oxygen atoms in total. The van der Waals surface area contributed by atoms with Crippen molar-refractivity contribution in [1.82, 2.24) is 9.55 Å². The van der Waals surface area contributed by atoms with Crippen LogP contribution in [0.2, 0.25) is 5.02 Å². The van der Waals surface area contributed by atoms with Crippen LogP contribution < -0.4 is 10.9 Å². The van der Waals surface area contributed by atoms with Crippen molar-refractivity contribution in [2.45, 2.75) is 46.3 Å². The molecule has 3 aromatic rings. The normalized spacial score (nSPS) is 11.3. The summed E-state index contributed by atoms with van der Waals surface area (Å²) in [5.41, 5.74) is 1.81. The summed E-state index contributed by atoms with van der Waals surface area (Å²) in [7, 11) is 0. The highest BCUT2D eigenvalue weighted by atomic mass is 35.5. The largest absolute Gasteiger partial charge is 0.460 e. The number of nitrogens with one attached hydrogen (secondary N) is 1. The van der Waals surface area contributed by atoms with Crippen molar-refractivity contribution in [3.05, 3.63) is 86.8 Å². The van der Waals surface area contributed by atoms with Gasteiger partial charge in [-0.05, 0) is 51.0 Å². The molecule has 0 amide bonds. The predicted octanol–water partition coefficient (Wildman–Crippen LogP) is 4.88. The zero-order valence-electron chi connectivity index (χ0n) is 18.1. The van der Waals surface area contributed by atoms with Crippen LogP contribution in [0.15, 0.2) is 59.5 Å². The van der Waals surface area contributed by atoms with Gasteiger partial charge in [0.05, 0.1) is 13.0 Å². The lowest BCUT2D eigenvalue weighted by atomic mass is 10.1. The molecule has 0 unspecified atom stereocenters. The molecule has 0 spiro atoms. The van der Waals surface area contributed by atoms with Gasteiger partial charge in [0.15, 0.2) is 0 Å². The number of carbonyl (C=O) groups excluding carboxylic acids is 1. The summed E-state index contributed by atoms with van der Waals surface area (Å²) < 4.78 is 7.18. The molecule has 0 radical (unpaired) electrons. The van der Waals surface area contributed by atoms with Crippen LogP contribution in [-0.4, -0.2) is 21.1 Å². The maximum absolute atomic E-state index is 12.7. The number of ether oxygens (including phenoxy) is 1. The van der Waals surface area contributed by atoms with E-state index in [1.165, 1.54) is 0 Å². The molecule has 1 N–H and O–H groups in total. The SMILES string of the molecule is Cc1c(Cl)cccc1Nc1nc(=O)c(CC(=O)OC(C)(C)C)cn1Cc1ccccc1. The molecule has 162 valence electrons. The van der Waals surface area contributed by atoms with E-state index in [0.29, 0.717) is 17.5 Å². The number of nitrogens with zero attached hydrogens (tertiary/aromatic N) is 2. The number of anilines is 2. The summed E-state index contributed by atoms with van der Waals surface area (Å²) in [6.07, 6.45) is 1.52. The average Bonchev–Trinajstić information content (AvgIpc) is 2.68. The Bertz CT molecular complexity index is 1140. The number of rotatable bonds is 6. The second kappa shape index (κ2) is 9.35. The highest BCUT2D eigenvalue weighted by molar-refractivity contribution is 6.31. The lowest BCUT2D eigenvalue weighted by Crippen LogP contribution is -2.28. The Kier molecular flexibility index (Phi) is 6.81. The molecule has 3 rings (SSSR count). The van der Waals surface area contributed by atoms with E-state index in [1.54, 1.807) is 33.0 Å². The number of aromatic nitrogens is 2. The Morgan fingerprint density at radius 2 is 1.84 bits per heavy atom. The highest BCUT2D eigenvalue weighted by Crippen LogP contribution is 2.25. The number of esters is 1. The zero-order chi connectivity index (χ0) is 22.6. The van der Waals surface area contributed by atoms with Crippen LogP contribution in [0.25, 0.3) is 0 Å². The molecule has 7 heteroatoms. The molecule has 0 aliphatic heterocycles. The van der Waals surface area contributed by atoms with Crippen molar-refractivity contribution in [3.63, 3.8) is 0 Å². The lowest BCUT2D eigenvalue weighted by molar-refractivity contribution is -0.153. The molecule has 1 aromatic heterocycles. The molecule has 2 aromatic carbocycles. The van der Waals surface area contributed by atoms with Crippen molar-refractivity contribution in [1.29, 1.82) is 0 Å². The fourth-order valence-corrected chi connectivity index (χ4v) is 3.23. The van der Waals surface area contributed by atoms with Crippen molar-refractivity contribution >= 4 is 29.2 Å². The third kappa shape index (κ3) is 6.18. The van der Waals surface area contributed by atoms with E-state index < -0.39 is 17.1 Å². The molecule has 0 fully saturated rings. The van der Waals surface area contributed by atoms with Crippen molar-refractivity contribution in [3.8, 4) is 0 Å². The fraction of sp³-hybridized carbons (Fsp3) is 0.292. The van der Waals surface area contributed by atoms with Gasteiger partial charge in [-0.3, -0.25) is 9.59 Å². The summed E-state index contributed by atoms with van der Waals surface area (Å²) in [5.74, 6) is -0.101. The number of benzene rings is 2. The molecule has 1 heterocycles. The first-order chi connectivity index (χ1) is 14.6. The molecule has 0 saturated heterocycles. The summed E-state index contributed by atoms with van der Waals surface area (Å²) in [4.78, 5) is 29.2. The summed E-state index contributed by atoms with van der Waals surface area (Å²) >= 11 is 6.24.